The molecule has 2 aromatic heterocycles. The van der Waals surface area contributed by atoms with Crippen LogP contribution in [0, 0.1) is 5.92 Å². The van der Waals surface area contributed by atoms with Crippen molar-refractivity contribution in [3.05, 3.63) is 36.2 Å². The van der Waals surface area contributed by atoms with Gasteiger partial charge in [0.25, 0.3) is 0 Å². The summed E-state index contributed by atoms with van der Waals surface area (Å²) >= 11 is 0. The van der Waals surface area contributed by atoms with Crippen molar-refractivity contribution in [2.45, 2.75) is 12.8 Å². The van der Waals surface area contributed by atoms with Gasteiger partial charge in [-0.15, -0.1) is 0 Å². The smallest absolute Gasteiger partial charge is 0.335 e. The largest absolute Gasteiger partial charge is 0.478 e. The summed E-state index contributed by atoms with van der Waals surface area (Å²) in [5.41, 5.74) is 8.14. The second kappa shape index (κ2) is 7.20. The summed E-state index contributed by atoms with van der Waals surface area (Å²) in [4.78, 5) is 29.7. The van der Waals surface area contributed by atoms with E-state index in [-0.39, 0.29) is 5.56 Å². The van der Waals surface area contributed by atoms with Gasteiger partial charge >= 0.3 is 5.97 Å². The Bertz CT molecular complexity index is 946. The zero-order valence-electron chi connectivity index (χ0n) is 14.7. The fourth-order valence-corrected chi connectivity index (χ4v) is 3.31. The number of rotatable bonds is 5. The van der Waals surface area contributed by atoms with Crippen LogP contribution in [0.1, 0.15) is 23.2 Å². The lowest BCUT2D eigenvalue weighted by Gasteiger charge is -2.32. The number of benzene rings is 1. The molecule has 0 aliphatic carbocycles. The first-order valence-corrected chi connectivity index (χ1v) is 8.90. The molecule has 3 heterocycles. The number of nitrogens with two attached hydrogens (primary N) is 1. The average Bonchev–Trinajstić information content (AvgIpc) is 3.16. The number of nitrogens with zero attached hydrogens (tertiary/aromatic N) is 4. The summed E-state index contributed by atoms with van der Waals surface area (Å²) in [5.74, 6) is 0.843. The van der Waals surface area contributed by atoms with Gasteiger partial charge in [0.1, 0.15) is 5.52 Å². The number of aromatic nitrogens is 4. The molecular formula is C18H21N7O2. The minimum Gasteiger partial charge on any atom is -0.478 e. The lowest BCUT2D eigenvalue weighted by molar-refractivity contribution is 0.0697. The van der Waals surface area contributed by atoms with Crippen LogP contribution in [0.5, 0.6) is 0 Å². The normalized spacial score (nSPS) is 15.2. The Balaban J connectivity index is 1.61. The first-order chi connectivity index (χ1) is 13.1. The molecule has 1 saturated heterocycles. The van der Waals surface area contributed by atoms with E-state index in [9.17, 15) is 4.79 Å². The summed E-state index contributed by atoms with van der Waals surface area (Å²) in [6.07, 6.45) is 3.69. The van der Waals surface area contributed by atoms with E-state index in [0.717, 1.165) is 43.8 Å². The van der Waals surface area contributed by atoms with E-state index < -0.39 is 5.97 Å². The van der Waals surface area contributed by atoms with Crippen LogP contribution in [0.2, 0.25) is 0 Å². The number of carbonyl (C=O) groups is 1. The van der Waals surface area contributed by atoms with Crippen LogP contribution in [-0.2, 0) is 0 Å². The molecule has 0 saturated carbocycles. The Labute approximate surface area is 155 Å². The van der Waals surface area contributed by atoms with Gasteiger partial charge in [-0.25, -0.2) is 9.78 Å². The zero-order valence-corrected chi connectivity index (χ0v) is 14.7. The molecular weight excluding hydrogens is 346 g/mol. The van der Waals surface area contributed by atoms with Gasteiger partial charge < -0.3 is 26.0 Å². The van der Waals surface area contributed by atoms with Crippen molar-refractivity contribution >= 4 is 34.6 Å². The van der Waals surface area contributed by atoms with Crippen LogP contribution in [0.15, 0.2) is 30.6 Å². The number of aromatic carboxylic acids is 1. The molecule has 4 rings (SSSR count). The third kappa shape index (κ3) is 3.54. The van der Waals surface area contributed by atoms with Crippen LogP contribution in [-0.4, -0.2) is 50.6 Å². The highest BCUT2D eigenvalue weighted by atomic mass is 16.4. The fraction of sp³-hybridized carbons (Fsp3) is 0.333. The van der Waals surface area contributed by atoms with Crippen molar-refractivity contribution in [2.75, 3.05) is 29.9 Å². The molecule has 5 N–H and O–H groups in total. The van der Waals surface area contributed by atoms with Crippen molar-refractivity contribution < 1.29 is 9.90 Å². The standard InChI is InChI=1S/C18H21N7O2/c19-9-11-5-7-25(8-6-11)16-14-15(21-10-20-14)23-18(24-16)22-13-3-1-12(2-4-13)17(26)27/h1-4,10-11H,5-9,19H2,(H,26,27)(H2,20,21,22,23,24). The Morgan fingerprint density at radius 2 is 2.00 bits per heavy atom. The van der Waals surface area contributed by atoms with Gasteiger partial charge in [-0.2, -0.15) is 9.97 Å². The summed E-state index contributed by atoms with van der Waals surface area (Å²) in [6, 6.07) is 6.45. The van der Waals surface area contributed by atoms with Crippen LogP contribution < -0.4 is 16.0 Å². The number of piperidine rings is 1. The van der Waals surface area contributed by atoms with Crippen LogP contribution in [0.4, 0.5) is 17.5 Å². The Hall–Kier alpha value is -3.20. The molecule has 9 heteroatoms. The number of imidazole rings is 1. The summed E-state index contributed by atoms with van der Waals surface area (Å²) < 4.78 is 0. The molecule has 3 aromatic rings. The maximum atomic E-state index is 11.0. The maximum Gasteiger partial charge on any atom is 0.335 e. The van der Waals surface area contributed by atoms with Gasteiger partial charge in [0, 0.05) is 18.8 Å². The fourth-order valence-electron chi connectivity index (χ4n) is 3.31. The molecule has 0 atom stereocenters. The molecule has 1 aliphatic heterocycles. The minimum absolute atomic E-state index is 0.229. The molecule has 0 bridgehead atoms. The number of aromatic amines is 1. The SMILES string of the molecule is NCC1CCN(c2nc(Nc3ccc(C(=O)O)cc3)nc3nc[nH]c23)CC1. The Morgan fingerprint density at radius 1 is 1.26 bits per heavy atom. The summed E-state index contributed by atoms with van der Waals surface area (Å²) in [5, 5.41) is 12.1. The Morgan fingerprint density at radius 3 is 2.67 bits per heavy atom. The number of hydrogen-bond donors (Lipinski definition) is 4. The monoisotopic (exact) mass is 367 g/mol. The molecule has 0 amide bonds. The number of H-pyrrole nitrogens is 1. The minimum atomic E-state index is -0.959. The number of carboxylic acids is 1. The molecule has 0 spiro atoms. The van der Waals surface area contributed by atoms with E-state index in [0.29, 0.717) is 23.2 Å². The third-order valence-corrected chi connectivity index (χ3v) is 4.90. The molecule has 9 nitrogen and oxygen atoms in total. The zero-order chi connectivity index (χ0) is 18.8. The van der Waals surface area contributed by atoms with E-state index >= 15 is 0 Å². The summed E-state index contributed by atoms with van der Waals surface area (Å²) in [7, 11) is 0. The van der Waals surface area contributed by atoms with E-state index in [4.69, 9.17) is 10.8 Å². The molecule has 0 unspecified atom stereocenters. The molecule has 0 radical (unpaired) electrons. The van der Waals surface area contributed by atoms with Crippen molar-refractivity contribution in [1.29, 1.82) is 0 Å². The third-order valence-electron chi connectivity index (χ3n) is 4.90. The number of carboxylic acid groups (broad SMARTS) is 1. The first kappa shape index (κ1) is 17.2. The highest BCUT2D eigenvalue weighted by Crippen LogP contribution is 2.28. The van der Waals surface area contributed by atoms with E-state index in [1.165, 1.54) is 12.1 Å². The van der Waals surface area contributed by atoms with Crippen LogP contribution in [0.25, 0.3) is 11.2 Å². The number of anilines is 3. The predicted octanol–water partition coefficient (Wildman–Crippen LogP) is 1.97. The topological polar surface area (TPSA) is 133 Å². The van der Waals surface area contributed by atoms with Gasteiger partial charge in [0.2, 0.25) is 5.95 Å². The average molecular weight is 367 g/mol. The first-order valence-electron chi connectivity index (χ1n) is 8.90. The quantitative estimate of drug-likeness (QED) is 0.538. The van der Waals surface area contributed by atoms with E-state index in [1.807, 2.05) is 0 Å². The second-order valence-electron chi connectivity index (χ2n) is 6.65. The van der Waals surface area contributed by atoms with Crippen LogP contribution >= 0.6 is 0 Å². The second-order valence-corrected chi connectivity index (χ2v) is 6.65. The number of hydrogen-bond acceptors (Lipinski definition) is 7. The highest BCUT2D eigenvalue weighted by molar-refractivity contribution is 5.88. The van der Waals surface area contributed by atoms with Gasteiger partial charge in [-0.1, -0.05) is 0 Å². The van der Waals surface area contributed by atoms with Crippen LogP contribution in [0.3, 0.4) is 0 Å². The number of fused-ring (bicyclic) bond motifs is 1. The Kier molecular flexibility index (Phi) is 4.59. The van der Waals surface area contributed by atoms with Crippen molar-refractivity contribution in [2.24, 2.45) is 11.7 Å². The van der Waals surface area contributed by atoms with Gasteiger partial charge in [-0.3, -0.25) is 0 Å². The molecule has 27 heavy (non-hydrogen) atoms. The van der Waals surface area contributed by atoms with Gasteiger partial charge in [0.05, 0.1) is 11.9 Å². The lowest BCUT2D eigenvalue weighted by atomic mass is 9.97. The molecule has 1 fully saturated rings. The lowest BCUT2D eigenvalue weighted by Crippen LogP contribution is -2.36. The van der Waals surface area contributed by atoms with Crippen molar-refractivity contribution in [1.82, 2.24) is 19.9 Å². The molecule has 1 aromatic carbocycles. The summed E-state index contributed by atoms with van der Waals surface area (Å²) in [6.45, 7) is 2.50. The van der Waals surface area contributed by atoms with Gasteiger partial charge in [-0.05, 0) is 49.6 Å². The maximum absolute atomic E-state index is 11.0. The van der Waals surface area contributed by atoms with Gasteiger partial charge in [0.15, 0.2) is 11.5 Å². The predicted molar refractivity (Wildman–Crippen MR) is 102 cm³/mol. The molecule has 140 valence electrons. The van der Waals surface area contributed by atoms with E-state index in [2.05, 4.69) is 30.2 Å². The van der Waals surface area contributed by atoms with Crippen molar-refractivity contribution in [3.8, 4) is 0 Å². The highest BCUT2D eigenvalue weighted by Gasteiger charge is 2.22. The number of nitrogens with one attached hydrogen (secondary N) is 2. The van der Waals surface area contributed by atoms with Crippen molar-refractivity contribution in [3.63, 3.8) is 0 Å². The molecule has 1 aliphatic rings. The van der Waals surface area contributed by atoms with E-state index in [1.54, 1.807) is 18.5 Å².